The van der Waals surface area contributed by atoms with Crippen molar-refractivity contribution in [3.8, 4) is 0 Å². The first kappa shape index (κ1) is 12.6. The van der Waals surface area contributed by atoms with Crippen LogP contribution < -0.4 is 0 Å². The Balaban J connectivity index is 3.44. The van der Waals surface area contributed by atoms with Gasteiger partial charge in [0.25, 0.3) is 0 Å². The van der Waals surface area contributed by atoms with Crippen molar-refractivity contribution in [2.45, 2.75) is 25.3 Å². The molecule has 0 aliphatic rings. The van der Waals surface area contributed by atoms with Crippen LogP contribution in [0.1, 0.15) is 19.3 Å². The summed E-state index contributed by atoms with van der Waals surface area (Å²) in [7, 11) is 8.04. The Morgan fingerprint density at radius 2 is 1.77 bits per heavy atom. The monoisotopic (exact) mass is 186 g/mol. The van der Waals surface area contributed by atoms with Gasteiger partial charge in [0.05, 0.1) is 6.04 Å². The lowest BCUT2D eigenvalue weighted by Crippen LogP contribution is -2.29. The lowest BCUT2D eigenvalue weighted by Gasteiger charge is -2.18. The van der Waals surface area contributed by atoms with Crippen LogP contribution in [0, 0.1) is 0 Å². The van der Waals surface area contributed by atoms with Crippen molar-refractivity contribution in [1.29, 1.82) is 0 Å². The SMILES string of the molecule is CN(C)CCCC[C@H](C=O)N(C)C. The minimum atomic E-state index is 0.0992. The van der Waals surface area contributed by atoms with E-state index in [4.69, 9.17) is 0 Å². The molecule has 0 bridgehead atoms. The summed E-state index contributed by atoms with van der Waals surface area (Å²) in [5.74, 6) is 0. The fraction of sp³-hybridized carbons (Fsp3) is 0.900. The number of aldehydes is 1. The number of unbranched alkanes of at least 4 members (excludes halogenated alkanes) is 1. The standard InChI is InChI=1S/C10H22N2O/c1-11(2)8-6-5-7-10(9-13)12(3)4/h9-10H,5-8H2,1-4H3/t10-/m1/s1. The first-order valence-electron chi connectivity index (χ1n) is 4.84. The van der Waals surface area contributed by atoms with E-state index < -0.39 is 0 Å². The molecule has 0 heterocycles. The van der Waals surface area contributed by atoms with Crippen molar-refractivity contribution in [3.63, 3.8) is 0 Å². The summed E-state index contributed by atoms with van der Waals surface area (Å²) in [5.41, 5.74) is 0. The van der Waals surface area contributed by atoms with E-state index in [2.05, 4.69) is 19.0 Å². The van der Waals surface area contributed by atoms with E-state index in [0.29, 0.717) is 0 Å². The zero-order valence-electron chi connectivity index (χ0n) is 9.29. The van der Waals surface area contributed by atoms with Gasteiger partial charge in [-0.1, -0.05) is 6.42 Å². The molecule has 13 heavy (non-hydrogen) atoms. The number of carbonyl (C=O) groups excluding carboxylic acids is 1. The molecule has 0 N–H and O–H groups in total. The van der Waals surface area contributed by atoms with E-state index in [-0.39, 0.29) is 6.04 Å². The Bertz CT molecular complexity index is 135. The summed E-state index contributed by atoms with van der Waals surface area (Å²) in [6.45, 7) is 1.11. The van der Waals surface area contributed by atoms with Crippen LogP contribution in [0.2, 0.25) is 0 Å². The predicted molar refractivity (Wildman–Crippen MR) is 55.9 cm³/mol. The van der Waals surface area contributed by atoms with Crippen molar-refractivity contribution in [1.82, 2.24) is 9.80 Å². The first-order valence-corrected chi connectivity index (χ1v) is 4.84. The maximum Gasteiger partial charge on any atom is 0.137 e. The minimum Gasteiger partial charge on any atom is -0.309 e. The second-order valence-electron chi connectivity index (χ2n) is 3.97. The van der Waals surface area contributed by atoms with Crippen molar-refractivity contribution in [2.75, 3.05) is 34.7 Å². The van der Waals surface area contributed by atoms with Gasteiger partial charge in [-0.05, 0) is 47.6 Å². The molecule has 3 heteroatoms. The normalized spacial score (nSPS) is 13.7. The highest BCUT2D eigenvalue weighted by Gasteiger charge is 2.08. The molecular formula is C10H22N2O. The van der Waals surface area contributed by atoms with Gasteiger partial charge in [0.2, 0.25) is 0 Å². The van der Waals surface area contributed by atoms with Gasteiger partial charge in [-0.2, -0.15) is 0 Å². The predicted octanol–water partition coefficient (Wildman–Crippen LogP) is 0.847. The Kier molecular flexibility index (Phi) is 6.82. The molecule has 1 atom stereocenters. The second-order valence-corrected chi connectivity index (χ2v) is 3.97. The van der Waals surface area contributed by atoms with Gasteiger partial charge in [0.15, 0.2) is 0 Å². The third-order valence-corrected chi connectivity index (χ3v) is 2.18. The minimum absolute atomic E-state index is 0.0992. The third-order valence-electron chi connectivity index (χ3n) is 2.18. The van der Waals surface area contributed by atoms with Gasteiger partial charge in [-0.25, -0.2) is 0 Å². The maximum absolute atomic E-state index is 10.6. The summed E-state index contributed by atoms with van der Waals surface area (Å²) in [6, 6.07) is 0.0992. The number of rotatable bonds is 7. The molecule has 0 radical (unpaired) electrons. The molecule has 0 aromatic rings. The zero-order chi connectivity index (χ0) is 10.3. The lowest BCUT2D eigenvalue weighted by molar-refractivity contribution is -0.111. The number of nitrogens with zero attached hydrogens (tertiary/aromatic N) is 2. The molecule has 0 amide bonds. The van der Waals surface area contributed by atoms with Gasteiger partial charge in [0, 0.05) is 0 Å². The highest BCUT2D eigenvalue weighted by atomic mass is 16.1. The fourth-order valence-electron chi connectivity index (χ4n) is 1.23. The van der Waals surface area contributed by atoms with Crippen molar-refractivity contribution < 1.29 is 4.79 Å². The zero-order valence-corrected chi connectivity index (χ0v) is 9.29. The highest BCUT2D eigenvalue weighted by Crippen LogP contribution is 2.03. The van der Waals surface area contributed by atoms with Crippen LogP contribution in [0.15, 0.2) is 0 Å². The molecule has 0 aliphatic heterocycles. The number of carbonyl (C=O) groups is 1. The number of hydrogen-bond donors (Lipinski definition) is 0. The van der Waals surface area contributed by atoms with Crippen LogP contribution in [0.25, 0.3) is 0 Å². The molecule has 0 saturated carbocycles. The molecule has 0 aromatic carbocycles. The summed E-state index contributed by atoms with van der Waals surface area (Å²) < 4.78 is 0. The molecule has 0 aromatic heterocycles. The summed E-state index contributed by atoms with van der Waals surface area (Å²) in [6.07, 6.45) is 4.31. The fourth-order valence-corrected chi connectivity index (χ4v) is 1.23. The molecule has 0 fully saturated rings. The van der Waals surface area contributed by atoms with Crippen LogP contribution >= 0.6 is 0 Å². The van der Waals surface area contributed by atoms with Crippen molar-refractivity contribution in [2.24, 2.45) is 0 Å². The molecule has 0 spiro atoms. The van der Waals surface area contributed by atoms with Crippen LogP contribution in [0.4, 0.5) is 0 Å². The molecule has 0 rings (SSSR count). The van der Waals surface area contributed by atoms with Crippen LogP contribution in [0.5, 0.6) is 0 Å². The van der Waals surface area contributed by atoms with E-state index in [1.165, 1.54) is 6.42 Å². The average molecular weight is 186 g/mol. The van der Waals surface area contributed by atoms with Gasteiger partial charge in [-0.3, -0.25) is 0 Å². The first-order chi connectivity index (χ1) is 6.07. The van der Waals surface area contributed by atoms with Gasteiger partial charge < -0.3 is 14.6 Å². The van der Waals surface area contributed by atoms with E-state index in [1.807, 2.05) is 19.0 Å². The van der Waals surface area contributed by atoms with E-state index in [0.717, 1.165) is 25.7 Å². The quantitative estimate of drug-likeness (QED) is 0.435. The molecule has 3 nitrogen and oxygen atoms in total. The van der Waals surface area contributed by atoms with Crippen LogP contribution in [0.3, 0.4) is 0 Å². The Morgan fingerprint density at radius 1 is 1.15 bits per heavy atom. The summed E-state index contributed by atoms with van der Waals surface area (Å²) in [4.78, 5) is 14.8. The molecule has 78 valence electrons. The topological polar surface area (TPSA) is 23.6 Å². The van der Waals surface area contributed by atoms with Crippen LogP contribution in [-0.4, -0.2) is 56.9 Å². The Labute approximate surface area is 81.7 Å². The van der Waals surface area contributed by atoms with E-state index in [9.17, 15) is 4.79 Å². The third kappa shape index (κ3) is 6.72. The highest BCUT2D eigenvalue weighted by molar-refractivity contribution is 5.57. The average Bonchev–Trinajstić information content (AvgIpc) is 2.03. The largest absolute Gasteiger partial charge is 0.309 e. The summed E-state index contributed by atoms with van der Waals surface area (Å²) in [5, 5.41) is 0. The van der Waals surface area contributed by atoms with Gasteiger partial charge >= 0.3 is 0 Å². The molecular weight excluding hydrogens is 164 g/mol. The van der Waals surface area contributed by atoms with E-state index >= 15 is 0 Å². The number of hydrogen-bond acceptors (Lipinski definition) is 3. The van der Waals surface area contributed by atoms with Gasteiger partial charge in [0.1, 0.15) is 6.29 Å². The van der Waals surface area contributed by atoms with Crippen molar-refractivity contribution in [3.05, 3.63) is 0 Å². The Hall–Kier alpha value is -0.410. The van der Waals surface area contributed by atoms with E-state index in [1.54, 1.807) is 0 Å². The summed E-state index contributed by atoms with van der Waals surface area (Å²) >= 11 is 0. The van der Waals surface area contributed by atoms with Crippen molar-refractivity contribution >= 4 is 6.29 Å². The molecule has 0 aliphatic carbocycles. The maximum atomic E-state index is 10.6. The lowest BCUT2D eigenvalue weighted by atomic mass is 10.1. The number of likely N-dealkylation sites (N-methyl/N-ethyl adjacent to an activating group) is 1. The van der Waals surface area contributed by atoms with Crippen LogP contribution in [-0.2, 0) is 4.79 Å². The molecule has 0 unspecified atom stereocenters. The smallest absolute Gasteiger partial charge is 0.137 e. The molecule has 0 saturated heterocycles. The van der Waals surface area contributed by atoms with Gasteiger partial charge in [-0.15, -0.1) is 0 Å². The second kappa shape index (κ2) is 7.04. The Morgan fingerprint density at radius 3 is 2.15 bits per heavy atom.